The first-order chi connectivity index (χ1) is 8.72. The third-order valence-electron chi connectivity index (χ3n) is 3.44. The molecule has 0 bridgehead atoms. The minimum atomic E-state index is 0.294. The highest BCUT2D eigenvalue weighted by molar-refractivity contribution is 7.99. The van der Waals surface area contributed by atoms with E-state index < -0.39 is 0 Å². The lowest BCUT2D eigenvalue weighted by Gasteiger charge is -2.36. The summed E-state index contributed by atoms with van der Waals surface area (Å²) in [5, 5.41) is 0. The predicted octanol–water partition coefficient (Wildman–Crippen LogP) is 1.99. The molecule has 0 aromatic heterocycles. The molecule has 0 saturated carbocycles. The van der Waals surface area contributed by atoms with E-state index in [4.69, 9.17) is 4.74 Å². The highest BCUT2D eigenvalue weighted by Crippen LogP contribution is 2.30. The monoisotopic (exact) mass is 267 g/mol. The molecule has 0 aliphatic carbocycles. The van der Waals surface area contributed by atoms with Crippen molar-refractivity contribution in [2.45, 2.75) is 32.2 Å². The van der Waals surface area contributed by atoms with Crippen LogP contribution in [0.4, 0.5) is 0 Å². The molecule has 1 fully saturated rings. The first-order valence-corrected chi connectivity index (χ1v) is 7.29. The van der Waals surface area contributed by atoms with Gasteiger partial charge in [-0.05, 0) is 25.7 Å². The van der Waals surface area contributed by atoms with E-state index in [1.807, 2.05) is 14.0 Å². The van der Waals surface area contributed by atoms with Crippen LogP contribution in [0.2, 0.25) is 0 Å². The van der Waals surface area contributed by atoms with Gasteiger partial charge >= 0.3 is 6.02 Å². The van der Waals surface area contributed by atoms with Crippen LogP contribution in [-0.2, 0) is 4.74 Å². The predicted molar refractivity (Wildman–Crippen MR) is 76.0 cm³/mol. The van der Waals surface area contributed by atoms with Crippen molar-refractivity contribution < 1.29 is 4.74 Å². The van der Waals surface area contributed by atoms with Crippen molar-refractivity contribution in [2.24, 2.45) is 10.3 Å². The highest BCUT2D eigenvalue weighted by Gasteiger charge is 2.33. The Morgan fingerprint density at radius 3 is 2.83 bits per heavy atom. The number of likely N-dealkylation sites (tertiary alicyclic amines) is 1. The summed E-state index contributed by atoms with van der Waals surface area (Å²) in [6.45, 7) is 6.87. The fraction of sp³-hybridized carbons (Fsp3) is 0.769. The van der Waals surface area contributed by atoms with E-state index in [1.165, 1.54) is 12.8 Å². The average molecular weight is 267 g/mol. The van der Waals surface area contributed by atoms with Crippen molar-refractivity contribution in [2.75, 3.05) is 26.7 Å². The first kappa shape index (κ1) is 13.6. The number of ether oxygens (including phenoxy) is 1. The molecule has 18 heavy (non-hydrogen) atoms. The van der Waals surface area contributed by atoms with Gasteiger partial charge in [0.2, 0.25) is 0 Å². The maximum Gasteiger partial charge on any atom is 0.301 e. The van der Waals surface area contributed by atoms with E-state index in [-0.39, 0.29) is 0 Å². The second kappa shape index (κ2) is 6.35. The zero-order valence-electron chi connectivity index (χ0n) is 11.3. The number of hydrogen-bond donors (Lipinski definition) is 0. The second-order valence-corrected chi connectivity index (χ2v) is 5.67. The molecule has 2 aliphatic rings. The van der Waals surface area contributed by atoms with E-state index in [0.717, 1.165) is 19.0 Å². The number of hydrogen-bond acceptors (Lipinski definition) is 5. The van der Waals surface area contributed by atoms with Crippen LogP contribution in [0.5, 0.6) is 0 Å². The number of amidine groups is 1. The smallest absolute Gasteiger partial charge is 0.301 e. The van der Waals surface area contributed by atoms with Crippen LogP contribution in [-0.4, -0.2) is 48.1 Å². The van der Waals surface area contributed by atoms with Crippen LogP contribution >= 0.6 is 11.9 Å². The van der Waals surface area contributed by atoms with Crippen LogP contribution in [0.25, 0.3) is 0 Å². The molecule has 0 aromatic rings. The summed E-state index contributed by atoms with van der Waals surface area (Å²) in [5.41, 5.74) is 0.294. The van der Waals surface area contributed by atoms with Gasteiger partial charge in [-0.15, -0.1) is 5.92 Å². The molecule has 0 spiro atoms. The quantitative estimate of drug-likeness (QED) is 0.565. The lowest BCUT2D eigenvalue weighted by atomic mass is 10.00. The minimum absolute atomic E-state index is 0.294. The molecule has 0 amide bonds. The van der Waals surface area contributed by atoms with Crippen LogP contribution in [0, 0.1) is 17.8 Å². The Bertz CT molecular complexity index is 366. The number of rotatable bonds is 2. The summed E-state index contributed by atoms with van der Waals surface area (Å²) < 4.78 is 9.94. The lowest BCUT2D eigenvalue weighted by molar-refractivity contribution is 0.115. The van der Waals surface area contributed by atoms with E-state index >= 15 is 0 Å². The third kappa shape index (κ3) is 3.12. The summed E-state index contributed by atoms with van der Waals surface area (Å²) in [7, 11) is 2.04. The van der Waals surface area contributed by atoms with Crippen molar-refractivity contribution in [3.8, 4) is 11.8 Å². The summed E-state index contributed by atoms with van der Waals surface area (Å²) in [4.78, 5) is 4.59. The molecule has 0 radical (unpaired) electrons. The molecule has 1 atom stereocenters. The van der Waals surface area contributed by atoms with Gasteiger partial charge < -0.3 is 9.64 Å². The van der Waals surface area contributed by atoms with Crippen LogP contribution in [0.1, 0.15) is 26.7 Å². The fourth-order valence-corrected chi connectivity index (χ4v) is 3.13. The Labute approximate surface area is 114 Å². The van der Waals surface area contributed by atoms with Gasteiger partial charge in [0.05, 0.1) is 0 Å². The summed E-state index contributed by atoms with van der Waals surface area (Å²) in [6.07, 6.45) is 2.56. The molecule has 1 unspecified atom stereocenters. The number of piperidine rings is 1. The highest BCUT2D eigenvalue weighted by atomic mass is 32.2. The molecule has 2 rings (SSSR count). The van der Waals surface area contributed by atoms with Gasteiger partial charge in [-0.2, -0.15) is 4.40 Å². The molecule has 5 heteroatoms. The van der Waals surface area contributed by atoms with Gasteiger partial charge in [0.25, 0.3) is 0 Å². The SMILES string of the molecule is CC#CCOC1=NSC(N2CCC(C)CC2)N1C. The van der Waals surface area contributed by atoms with Crippen molar-refractivity contribution in [3.05, 3.63) is 0 Å². The minimum Gasteiger partial charge on any atom is -0.451 e. The van der Waals surface area contributed by atoms with Crippen LogP contribution in [0.15, 0.2) is 4.40 Å². The molecular formula is C13H21N3OS. The molecule has 4 nitrogen and oxygen atoms in total. The van der Waals surface area contributed by atoms with Gasteiger partial charge in [0, 0.05) is 32.1 Å². The maximum atomic E-state index is 5.55. The third-order valence-corrected chi connectivity index (χ3v) is 4.50. The molecule has 2 heterocycles. The Morgan fingerprint density at radius 2 is 2.17 bits per heavy atom. The van der Waals surface area contributed by atoms with Gasteiger partial charge in [0.15, 0.2) is 12.1 Å². The topological polar surface area (TPSA) is 28.1 Å². The molecule has 0 N–H and O–H groups in total. The van der Waals surface area contributed by atoms with Crippen LogP contribution < -0.4 is 0 Å². The van der Waals surface area contributed by atoms with Gasteiger partial charge in [-0.1, -0.05) is 12.8 Å². The van der Waals surface area contributed by atoms with Crippen molar-refractivity contribution >= 4 is 18.0 Å². The van der Waals surface area contributed by atoms with Gasteiger partial charge in [-0.3, -0.25) is 4.90 Å². The Kier molecular flexibility index (Phi) is 4.79. The molecule has 2 aliphatic heterocycles. The normalized spacial score (nSPS) is 25.6. The Balaban J connectivity index is 1.84. The zero-order valence-corrected chi connectivity index (χ0v) is 12.2. The van der Waals surface area contributed by atoms with Gasteiger partial charge in [0.1, 0.15) is 0 Å². The summed E-state index contributed by atoms with van der Waals surface area (Å²) in [5.74, 6) is 6.57. The summed E-state index contributed by atoms with van der Waals surface area (Å²) in [6, 6.07) is 0.700. The molecular weight excluding hydrogens is 246 g/mol. The standard InChI is InChI=1S/C13H21N3OS/c1-4-5-10-17-12-14-18-13(15(12)3)16-8-6-11(2)7-9-16/h11,13H,6-10H2,1-3H3. The molecule has 1 saturated heterocycles. The van der Waals surface area contributed by atoms with E-state index in [0.29, 0.717) is 18.1 Å². The van der Waals surface area contributed by atoms with Crippen LogP contribution in [0.3, 0.4) is 0 Å². The first-order valence-electron chi connectivity index (χ1n) is 6.45. The van der Waals surface area contributed by atoms with Crippen molar-refractivity contribution in [1.82, 2.24) is 9.80 Å². The van der Waals surface area contributed by atoms with E-state index in [2.05, 4.69) is 33.0 Å². The molecule has 100 valence electrons. The van der Waals surface area contributed by atoms with E-state index in [9.17, 15) is 0 Å². The average Bonchev–Trinajstić information content (AvgIpc) is 2.73. The summed E-state index contributed by atoms with van der Waals surface area (Å²) >= 11 is 1.59. The zero-order chi connectivity index (χ0) is 13.0. The largest absolute Gasteiger partial charge is 0.451 e. The maximum absolute atomic E-state index is 5.55. The number of nitrogens with zero attached hydrogens (tertiary/aromatic N) is 3. The second-order valence-electron chi connectivity index (χ2n) is 4.85. The van der Waals surface area contributed by atoms with Crippen molar-refractivity contribution in [3.63, 3.8) is 0 Å². The Hall–Kier alpha value is -0.860. The van der Waals surface area contributed by atoms with Gasteiger partial charge in [-0.25, -0.2) is 0 Å². The Morgan fingerprint density at radius 1 is 1.44 bits per heavy atom. The fourth-order valence-electron chi connectivity index (χ4n) is 2.18. The molecule has 0 aromatic carbocycles. The lowest BCUT2D eigenvalue weighted by Crippen LogP contribution is -2.47. The van der Waals surface area contributed by atoms with E-state index in [1.54, 1.807) is 11.9 Å². The van der Waals surface area contributed by atoms with Crippen molar-refractivity contribution in [1.29, 1.82) is 0 Å².